The number of sulfonamides is 1. The van der Waals surface area contributed by atoms with Crippen molar-refractivity contribution in [3.63, 3.8) is 0 Å². The number of para-hydroxylation sites is 1. The summed E-state index contributed by atoms with van der Waals surface area (Å²) in [6.07, 6.45) is 2.60. The molecule has 1 saturated heterocycles. The molecule has 0 bridgehead atoms. The van der Waals surface area contributed by atoms with Crippen LogP contribution < -0.4 is 10.1 Å². The monoisotopic (exact) mass is 439 g/mol. The van der Waals surface area contributed by atoms with Crippen LogP contribution in [0.3, 0.4) is 0 Å². The number of rotatable bonds is 6. The fraction of sp³-hybridized carbons (Fsp3) is 0.304. The lowest BCUT2D eigenvalue weighted by Crippen LogP contribution is -2.41. The Kier molecular flexibility index (Phi) is 6.20. The third kappa shape index (κ3) is 4.70. The third-order valence-corrected chi connectivity index (χ3v) is 7.37. The van der Waals surface area contributed by atoms with Gasteiger partial charge in [-0.25, -0.2) is 8.42 Å². The van der Waals surface area contributed by atoms with Crippen LogP contribution in [0.5, 0.6) is 5.75 Å². The highest BCUT2D eigenvalue weighted by molar-refractivity contribution is 7.89. The Morgan fingerprint density at radius 1 is 1.13 bits per heavy atom. The average molecular weight is 440 g/mol. The molecule has 0 saturated carbocycles. The smallest absolute Gasteiger partial charge is 0.243 e. The summed E-state index contributed by atoms with van der Waals surface area (Å²) in [4.78, 5) is 17.3. The van der Waals surface area contributed by atoms with Gasteiger partial charge in [-0.15, -0.1) is 0 Å². The van der Waals surface area contributed by atoms with E-state index < -0.39 is 10.0 Å². The SMILES string of the molecule is CCOc1ccc(S(=O)(=O)N2CCC(C(=O)Nc3cnc4ccccc4c3)CC2)cc1. The minimum absolute atomic E-state index is 0.102. The Morgan fingerprint density at radius 2 is 1.84 bits per heavy atom. The molecule has 0 unspecified atom stereocenters. The predicted octanol–water partition coefficient (Wildman–Crippen LogP) is 3.67. The number of hydrogen-bond acceptors (Lipinski definition) is 5. The Bertz CT molecular complexity index is 1170. The van der Waals surface area contributed by atoms with E-state index in [0.717, 1.165) is 10.9 Å². The van der Waals surface area contributed by atoms with E-state index in [1.54, 1.807) is 30.5 Å². The van der Waals surface area contributed by atoms with E-state index >= 15 is 0 Å². The van der Waals surface area contributed by atoms with Gasteiger partial charge >= 0.3 is 0 Å². The van der Waals surface area contributed by atoms with E-state index in [-0.39, 0.29) is 16.7 Å². The summed E-state index contributed by atoms with van der Waals surface area (Å²) in [7, 11) is -3.59. The van der Waals surface area contributed by atoms with Gasteiger partial charge in [0.05, 0.1) is 28.9 Å². The van der Waals surface area contributed by atoms with Crippen molar-refractivity contribution in [1.82, 2.24) is 9.29 Å². The van der Waals surface area contributed by atoms with Gasteiger partial charge in [0, 0.05) is 24.4 Å². The Balaban J connectivity index is 1.37. The molecule has 162 valence electrons. The van der Waals surface area contributed by atoms with E-state index in [0.29, 0.717) is 44.0 Å². The largest absolute Gasteiger partial charge is 0.494 e. The van der Waals surface area contributed by atoms with E-state index in [4.69, 9.17) is 4.74 Å². The van der Waals surface area contributed by atoms with Gasteiger partial charge in [-0.3, -0.25) is 9.78 Å². The Morgan fingerprint density at radius 3 is 2.55 bits per heavy atom. The van der Waals surface area contributed by atoms with Crippen LogP contribution in [0.25, 0.3) is 10.9 Å². The molecule has 3 aromatic rings. The summed E-state index contributed by atoms with van der Waals surface area (Å²) in [5.74, 6) is 0.299. The number of carbonyl (C=O) groups is 1. The molecule has 31 heavy (non-hydrogen) atoms. The molecule has 1 aliphatic rings. The number of nitrogens with zero attached hydrogens (tertiary/aromatic N) is 2. The molecule has 0 atom stereocenters. The van der Waals surface area contributed by atoms with Crippen LogP contribution >= 0.6 is 0 Å². The fourth-order valence-electron chi connectivity index (χ4n) is 3.77. The number of pyridine rings is 1. The first-order valence-electron chi connectivity index (χ1n) is 10.4. The summed E-state index contributed by atoms with van der Waals surface area (Å²) in [5, 5.41) is 3.88. The Labute approximate surface area is 182 Å². The first-order chi connectivity index (χ1) is 15.0. The second kappa shape index (κ2) is 9.03. The molecule has 2 aromatic carbocycles. The number of nitrogens with one attached hydrogen (secondary N) is 1. The van der Waals surface area contributed by atoms with Crippen molar-refractivity contribution in [3.05, 3.63) is 60.8 Å². The summed E-state index contributed by atoms with van der Waals surface area (Å²) < 4.78 is 32.7. The van der Waals surface area contributed by atoms with Crippen molar-refractivity contribution in [2.45, 2.75) is 24.7 Å². The first kappa shape index (κ1) is 21.3. The molecule has 0 aliphatic carbocycles. The van der Waals surface area contributed by atoms with Gasteiger partial charge in [0.15, 0.2) is 0 Å². The van der Waals surface area contributed by atoms with Gasteiger partial charge < -0.3 is 10.1 Å². The quantitative estimate of drug-likeness (QED) is 0.633. The van der Waals surface area contributed by atoms with Gasteiger partial charge in [0.1, 0.15) is 5.75 Å². The van der Waals surface area contributed by atoms with Crippen LogP contribution in [0.15, 0.2) is 65.7 Å². The number of aromatic nitrogens is 1. The summed E-state index contributed by atoms with van der Waals surface area (Å²) >= 11 is 0. The maximum atomic E-state index is 12.9. The molecule has 1 amide bonds. The second-order valence-corrected chi connectivity index (χ2v) is 9.43. The first-order valence-corrected chi connectivity index (χ1v) is 11.8. The highest BCUT2D eigenvalue weighted by atomic mass is 32.2. The van der Waals surface area contributed by atoms with Crippen molar-refractivity contribution in [1.29, 1.82) is 0 Å². The van der Waals surface area contributed by atoms with Crippen molar-refractivity contribution < 1.29 is 17.9 Å². The van der Waals surface area contributed by atoms with Crippen molar-refractivity contribution in [2.24, 2.45) is 5.92 Å². The Hall–Kier alpha value is -2.97. The molecule has 4 rings (SSSR count). The number of hydrogen-bond donors (Lipinski definition) is 1. The van der Waals surface area contributed by atoms with Crippen molar-refractivity contribution in [2.75, 3.05) is 25.0 Å². The normalized spacial score (nSPS) is 15.6. The van der Waals surface area contributed by atoms with Crippen molar-refractivity contribution in [3.8, 4) is 5.75 Å². The standard InChI is InChI=1S/C23H25N3O4S/c1-2-30-20-7-9-21(10-8-20)31(28,29)26-13-11-17(12-14-26)23(27)25-19-15-18-5-3-4-6-22(18)24-16-19/h3-10,15-17H,2,11-14H2,1H3,(H,25,27). The minimum Gasteiger partial charge on any atom is -0.494 e. The molecule has 7 nitrogen and oxygen atoms in total. The maximum Gasteiger partial charge on any atom is 0.243 e. The number of carbonyl (C=O) groups excluding carboxylic acids is 1. The zero-order chi connectivity index (χ0) is 21.8. The topological polar surface area (TPSA) is 88.6 Å². The second-order valence-electron chi connectivity index (χ2n) is 7.49. The third-order valence-electron chi connectivity index (χ3n) is 5.46. The van der Waals surface area contributed by atoms with E-state index in [1.165, 1.54) is 4.31 Å². The number of benzene rings is 2. The fourth-order valence-corrected chi connectivity index (χ4v) is 5.24. The van der Waals surface area contributed by atoms with Gasteiger partial charge in [0.2, 0.25) is 15.9 Å². The lowest BCUT2D eigenvalue weighted by atomic mass is 9.97. The van der Waals surface area contributed by atoms with E-state index in [1.807, 2.05) is 37.3 Å². The minimum atomic E-state index is -3.59. The number of ether oxygens (including phenoxy) is 1. The van der Waals surface area contributed by atoms with Gasteiger partial charge in [-0.1, -0.05) is 18.2 Å². The van der Waals surface area contributed by atoms with E-state index in [9.17, 15) is 13.2 Å². The van der Waals surface area contributed by atoms with Crippen LogP contribution in [0.1, 0.15) is 19.8 Å². The molecule has 0 spiro atoms. The number of piperidine rings is 1. The van der Waals surface area contributed by atoms with Crippen LogP contribution in [0, 0.1) is 5.92 Å². The molecular formula is C23H25N3O4S. The molecule has 2 heterocycles. The van der Waals surface area contributed by atoms with Crippen LogP contribution in [0.4, 0.5) is 5.69 Å². The molecule has 1 N–H and O–H groups in total. The van der Waals surface area contributed by atoms with Crippen LogP contribution in [-0.4, -0.2) is 43.3 Å². The van der Waals surface area contributed by atoms with Crippen molar-refractivity contribution >= 4 is 32.5 Å². The summed E-state index contributed by atoms with van der Waals surface area (Å²) in [6, 6.07) is 16.1. The van der Waals surface area contributed by atoms with Crippen LogP contribution in [0.2, 0.25) is 0 Å². The molecule has 8 heteroatoms. The zero-order valence-corrected chi connectivity index (χ0v) is 18.1. The van der Waals surface area contributed by atoms with Gasteiger partial charge in [-0.05, 0) is 56.2 Å². The average Bonchev–Trinajstić information content (AvgIpc) is 2.79. The lowest BCUT2D eigenvalue weighted by Gasteiger charge is -2.30. The lowest BCUT2D eigenvalue weighted by molar-refractivity contribution is -0.120. The van der Waals surface area contributed by atoms with E-state index in [2.05, 4.69) is 10.3 Å². The number of amides is 1. The maximum absolute atomic E-state index is 12.9. The predicted molar refractivity (Wildman–Crippen MR) is 119 cm³/mol. The summed E-state index contributed by atoms with van der Waals surface area (Å²) in [6.45, 7) is 3.02. The molecule has 0 radical (unpaired) electrons. The number of anilines is 1. The molecular weight excluding hydrogens is 414 g/mol. The summed E-state index contributed by atoms with van der Waals surface area (Å²) in [5.41, 5.74) is 1.52. The van der Waals surface area contributed by atoms with Gasteiger partial charge in [-0.2, -0.15) is 4.31 Å². The highest BCUT2D eigenvalue weighted by Gasteiger charge is 2.32. The molecule has 1 fully saturated rings. The zero-order valence-electron chi connectivity index (χ0n) is 17.3. The van der Waals surface area contributed by atoms with Crippen LogP contribution in [-0.2, 0) is 14.8 Å². The highest BCUT2D eigenvalue weighted by Crippen LogP contribution is 2.26. The molecule has 1 aliphatic heterocycles. The number of fused-ring (bicyclic) bond motifs is 1. The molecule has 1 aromatic heterocycles. The van der Waals surface area contributed by atoms with Gasteiger partial charge in [0.25, 0.3) is 0 Å².